The number of hydrogen-bond acceptors (Lipinski definition) is 5. The zero-order valence-corrected chi connectivity index (χ0v) is 16.4. The third-order valence-corrected chi connectivity index (χ3v) is 5.08. The number of halogens is 3. The minimum Gasteiger partial charge on any atom is -0.475 e. The highest BCUT2D eigenvalue weighted by Crippen LogP contribution is 2.23. The van der Waals surface area contributed by atoms with Crippen LogP contribution in [0.4, 0.5) is 13.2 Å². The number of carboxylic acid groups (broad SMARTS) is 1. The lowest BCUT2D eigenvalue weighted by atomic mass is 10.2. The van der Waals surface area contributed by atoms with E-state index in [4.69, 9.17) is 9.90 Å². The highest BCUT2D eigenvalue weighted by molar-refractivity contribution is 7.08. The van der Waals surface area contributed by atoms with Crippen LogP contribution in [0.3, 0.4) is 0 Å². The number of carboxylic acids is 1. The summed E-state index contributed by atoms with van der Waals surface area (Å²) in [6, 6.07) is 5.97. The third-order valence-electron chi connectivity index (χ3n) is 4.35. The van der Waals surface area contributed by atoms with Crippen molar-refractivity contribution < 1.29 is 27.9 Å². The average Bonchev–Trinajstić information content (AvgIpc) is 3.37. The molecule has 0 aliphatic carbocycles. The van der Waals surface area contributed by atoms with Crippen LogP contribution in [-0.4, -0.2) is 49.1 Å². The van der Waals surface area contributed by atoms with E-state index in [1.807, 2.05) is 46.3 Å². The molecule has 0 fully saturated rings. The van der Waals surface area contributed by atoms with Gasteiger partial charge >= 0.3 is 12.1 Å². The fraction of sp³-hybridized carbons (Fsp3) is 0.263. The maximum absolute atomic E-state index is 12.4. The minimum atomic E-state index is -5.08. The van der Waals surface area contributed by atoms with E-state index in [1.165, 1.54) is 0 Å². The Morgan fingerprint density at radius 1 is 1.20 bits per heavy atom. The van der Waals surface area contributed by atoms with Gasteiger partial charge in [0.25, 0.3) is 0 Å². The van der Waals surface area contributed by atoms with Gasteiger partial charge in [0.1, 0.15) is 5.82 Å². The third kappa shape index (κ3) is 5.23. The zero-order chi connectivity index (χ0) is 21.7. The number of aromatic nitrogens is 3. The van der Waals surface area contributed by atoms with Gasteiger partial charge < -0.3 is 14.6 Å². The van der Waals surface area contributed by atoms with Crippen molar-refractivity contribution in [3.63, 3.8) is 0 Å². The predicted molar refractivity (Wildman–Crippen MR) is 103 cm³/mol. The Balaban J connectivity index is 0.000000318. The number of amides is 1. The lowest BCUT2D eigenvalue weighted by Crippen LogP contribution is -2.39. The summed E-state index contributed by atoms with van der Waals surface area (Å²) < 4.78 is 33.9. The van der Waals surface area contributed by atoms with Gasteiger partial charge in [-0.1, -0.05) is 0 Å². The molecule has 0 spiro atoms. The van der Waals surface area contributed by atoms with E-state index in [0.717, 1.165) is 35.7 Å². The molecule has 0 saturated carbocycles. The van der Waals surface area contributed by atoms with Crippen LogP contribution < -0.4 is 0 Å². The van der Waals surface area contributed by atoms with E-state index in [9.17, 15) is 18.0 Å². The molecule has 4 rings (SSSR count). The maximum Gasteiger partial charge on any atom is 0.490 e. The van der Waals surface area contributed by atoms with E-state index in [1.54, 1.807) is 17.5 Å². The standard InChI is InChI=1S/C17H16N4OS.C2HF3O2/c22-17(8-13-3-7-23-12-13)20-5-6-21-15(10-19-16(21)11-20)14-2-1-4-18-9-14;3-2(4,5)1(6)7/h1-4,7,9-10,12H,5-6,8,11H2;(H,6,7). The molecule has 1 aliphatic rings. The van der Waals surface area contributed by atoms with Crippen LogP contribution in [0.5, 0.6) is 0 Å². The van der Waals surface area contributed by atoms with Crippen LogP contribution in [0.15, 0.2) is 47.5 Å². The quantitative estimate of drug-likeness (QED) is 0.678. The van der Waals surface area contributed by atoms with Crippen molar-refractivity contribution in [1.82, 2.24) is 19.4 Å². The van der Waals surface area contributed by atoms with E-state index in [-0.39, 0.29) is 5.91 Å². The summed E-state index contributed by atoms with van der Waals surface area (Å²) in [6.45, 7) is 2.07. The zero-order valence-electron chi connectivity index (χ0n) is 15.5. The number of alkyl halides is 3. The topological polar surface area (TPSA) is 88.3 Å². The number of carbonyl (C=O) groups is 2. The molecule has 0 aromatic carbocycles. The summed E-state index contributed by atoms with van der Waals surface area (Å²) in [7, 11) is 0. The van der Waals surface area contributed by atoms with Gasteiger partial charge in [0.2, 0.25) is 5.91 Å². The largest absolute Gasteiger partial charge is 0.490 e. The Bertz CT molecular complexity index is 1000. The van der Waals surface area contributed by atoms with Crippen LogP contribution in [-0.2, 0) is 29.1 Å². The average molecular weight is 438 g/mol. The van der Waals surface area contributed by atoms with Crippen LogP contribution in [0.25, 0.3) is 11.3 Å². The Morgan fingerprint density at radius 3 is 2.57 bits per heavy atom. The van der Waals surface area contributed by atoms with Crippen molar-refractivity contribution >= 4 is 23.2 Å². The molecule has 1 aliphatic heterocycles. The number of rotatable bonds is 3. The van der Waals surface area contributed by atoms with E-state index < -0.39 is 12.1 Å². The molecule has 158 valence electrons. The van der Waals surface area contributed by atoms with Crippen LogP contribution >= 0.6 is 11.3 Å². The summed E-state index contributed by atoms with van der Waals surface area (Å²) in [4.78, 5) is 31.9. The fourth-order valence-corrected chi connectivity index (χ4v) is 3.57. The molecule has 0 unspecified atom stereocenters. The van der Waals surface area contributed by atoms with Gasteiger partial charge in [-0.15, -0.1) is 0 Å². The molecule has 30 heavy (non-hydrogen) atoms. The second kappa shape index (κ2) is 9.08. The van der Waals surface area contributed by atoms with Gasteiger partial charge in [-0.3, -0.25) is 9.78 Å². The first-order valence-corrected chi connectivity index (χ1v) is 9.73. The van der Waals surface area contributed by atoms with Crippen molar-refractivity contribution in [2.75, 3.05) is 6.54 Å². The molecular formula is C19H17F3N4O3S. The first-order chi connectivity index (χ1) is 14.3. The number of aliphatic carboxylic acids is 1. The molecule has 0 radical (unpaired) electrons. The number of fused-ring (bicyclic) bond motifs is 1. The first-order valence-electron chi connectivity index (χ1n) is 8.79. The second-order valence-corrected chi connectivity index (χ2v) is 7.16. The van der Waals surface area contributed by atoms with Crippen LogP contribution in [0.2, 0.25) is 0 Å². The van der Waals surface area contributed by atoms with Gasteiger partial charge in [0, 0.05) is 31.0 Å². The molecule has 11 heteroatoms. The van der Waals surface area contributed by atoms with Crippen molar-refractivity contribution in [2.24, 2.45) is 0 Å². The molecule has 0 atom stereocenters. The molecule has 1 amide bonds. The monoisotopic (exact) mass is 438 g/mol. The van der Waals surface area contributed by atoms with Crippen molar-refractivity contribution in [3.05, 3.63) is 58.9 Å². The summed E-state index contributed by atoms with van der Waals surface area (Å²) in [5.41, 5.74) is 3.22. The van der Waals surface area contributed by atoms with Crippen molar-refractivity contribution in [3.8, 4) is 11.3 Å². The fourth-order valence-electron chi connectivity index (χ4n) is 2.90. The Labute approximate surface area is 173 Å². The normalized spacial score (nSPS) is 13.2. The van der Waals surface area contributed by atoms with Gasteiger partial charge in [-0.05, 0) is 34.5 Å². The predicted octanol–water partition coefficient (Wildman–Crippen LogP) is 3.22. The maximum atomic E-state index is 12.4. The van der Waals surface area contributed by atoms with Gasteiger partial charge in [-0.2, -0.15) is 24.5 Å². The first kappa shape index (κ1) is 21.5. The lowest BCUT2D eigenvalue weighted by molar-refractivity contribution is -0.192. The molecule has 1 N–H and O–H groups in total. The Morgan fingerprint density at radius 2 is 1.97 bits per heavy atom. The van der Waals surface area contributed by atoms with Crippen molar-refractivity contribution in [2.45, 2.75) is 25.7 Å². The smallest absolute Gasteiger partial charge is 0.475 e. The number of imidazole rings is 1. The lowest BCUT2D eigenvalue weighted by Gasteiger charge is -2.28. The second-order valence-electron chi connectivity index (χ2n) is 6.38. The number of carbonyl (C=O) groups excluding carboxylic acids is 1. The molecule has 0 saturated heterocycles. The molecule has 3 aromatic heterocycles. The van der Waals surface area contributed by atoms with Gasteiger partial charge in [0.05, 0.1) is 24.9 Å². The van der Waals surface area contributed by atoms with Crippen LogP contribution in [0.1, 0.15) is 11.4 Å². The number of pyridine rings is 1. The number of nitrogens with zero attached hydrogens (tertiary/aromatic N) is 4. The Kier molecular flexibility index (Phi) is 6.50. The molecular weight excluding hydrogens is 421 g/mol. The number of hydrogen-bond donors (Lipinski definition) is 1. The van der Waals surface area contributed by atoms with E-state index >= 15 is 0 Å². The highest BCUT2D eigenvalue weighted by Gasteiger charge is 2.38. The summed E-state index contributed by atoms with van der Waals surface area (Å²) in [5.74, 6) is -1.65. The number of thiophene rings is 1. The van der Waals surface area contributed by atoms with E-state index in [0.29, 0.717) is 13.0 Å². The SMILES string of the molecule is O=C(Cc1ccsc1)N1CCn2c(-c3cccnc3)cnc2C1.O=C(O)C(F)(F)F. The summed E-state index contributed by atoms with van der Waals surface area (Å²) in [5, 5.41) is 11.2. The highest BCUT2D eigenvalue weighted by atomic mass is 32.1. The molecule has 4 heterocycles. The minimum absolute atomic E-state index is 0.167. The summed E-state index contributed by atoms with van der Waals surface area (Å²) in [6.07, 6.45) is 0.874. The van der Waals surface area contributed by atoms with Gasteiger partial charge in [-0.25, -0.2) is 9.78 Å². The molecule has 7 nitrogen and oxygen atoms in total. The molecule has 0 bridgehead atoms. The van der Waals surface area contributed by atoms with Gasteiger partial charge in [0.15, 0.2) is 0 Å². The van der Waals surface area contributed by atoms with Crippen molar-refractivity contribution in [1.29, 1.82) is 0 Å². The Hall–Kier alpha value is -3.21. The molecule has 3 aromatic rings. The summed E-state index contributed by atoms with van der Waals surface area (Å²) >= 11 is 1.62. The van der Waals surface area contributed by atoms with E-state index in [2.05, 4.69) is 14.5 Å². The van der Waals surface area contributed by atoms with Crippen LogP contribution in [0, 0.1) is 0 Å².